The highest BCUT2D eigenvalue weighted by Crippen LogP contribution is 2.40. The van der Waals surface area contributed by atoms with Crippen LogP contribution in [0.5, 0.6) is 5.75 Å². The minimum atomic E-state index is -4.93. The number of halogens is 3. The summed E-state index contributed by atoms with van der Waals surface area (Å²) in [4.78, 5) is 10.4. The fraction of sp³-hybridized carbons (Fsp3) is 0.222. The van der Waals surface area contributed by atoms with Crippen molar-refractivity contribution < 1.29 is 33.3 Å². The number of aromatic hydroxyl groups is 1. The predicted molar refractivity (Wildman–Crippen MR) is 45.7 cm³/mol. The van der Waals surface area contributed by atoms with E-state index >= 15 is 0 Å². The molecule has 0 aliphatic heterocycles. The summed E-state index contributed by atoms with van der Waals surface area (Å²) in [5, 5.41) is 26.5. The minimum Gasteiger partial charge on any atom is -0.507 e. The number of carboxylic acid groups (broad SMARTS) is 1. The second-order valence-corrected chi connectivity index (χ2v) is 2.98. The number of hydrogen-bond acceptors (Lipinski definition) is 3. The zero-order valence-corrected chi connectivity index (χ0v) is 7.69. The molecule has 0 aromatic heterocycles. The zero-order chi connectivity index (χ0) is 12.5. The Morgan fingerprint density at radius 2 is 1.88 bits per heavy atom. The molecule has 7 heteroatoms. The van der Waals surface area contributed by atoms with Crippen molar-refractivity contribution in [1.82, 2.24) is 0 Å². The lowest BCUT2D eigenvalue weighted by molar-refractivity contribution is -0.149. The normalized spacial score (nSPS) is 13.5. The van der Waals surface area contributed by atoms with Gasteiger partial charge in [-0.3, -0.25) is 0 Å². The van der Waals surface area contributed by atoms with Gasteiger partial charge in [0.2, 0.25) is 0 Å². The maximum Gasteiger partial charge on any atom is 0.420 e. The van der Waals surface area contributed by atoms with E-state index in [1.165, 1.54) is 0 Å². The van der Waals surface area contributed by atoms with Gasteiger partial charge in [-0.15, -0.1) is 0 Å². The van der Waals surface area contributed by atoms with Gasteiger partial charge in [-0.05, 0) is 6.07 Å². The standard InChI is InChI=1S/C9H7F3O4/c10-9(11,12)6-4(7(14)8(15)16)2-1-3-5(6)13/h1-3,7,13-14H,(H,15,16). The van der Waals surface area contributed by atoms with Gasteiger partial charge in [-0.2, -0.15) is 13.2 Å². The van der Waals surface area contributed by atoms with E-state index in [0.29, 0.717) is 0 Å². The summed E-state index contributed by atoms with van der Waals surface area (Å²) in [6.07, 6.45) is -7.26. The number of phenols is 1. The van der Waals surface area contributed by atoms with Crippen LogP contribution in [0.3, 0.4) is 0 Å². The average molecular weight is 236 g/mol. The summed E-state index contributed by atoms with van der Waals surface area (Å²) in [5.41, 5.74) is -2.43. The molecular weight excluding hydrogens is 229 g/mol. The van der Waals surface area contributed by atoms with Gasteiger partial charge >= 0.3 is 12.1 Å². The molecule has 0 heterocycles. The average Bonchev–Trinajstić information content (AvgIpc) is 2.14. The summed E-state index contributed by atoms with van der Waals surface area (Å²) >= 11 is 0. The topological polar surface area (TPSA) is 77.8 Å². The number of hydrogen-bond donors (Lipinski definition) is 3. The number of aliphatic hydroxyl groups excluding tert-OH is 1. The Labute approximate surface area is 87.6 Å². The Bertz CT molecular complexity index is 414. The summed E-state index contributed by atoms with van der Waals surface area (Å²) in [6, 6.07) is 2.58. The van der Waals surface area contributed by atoms with Crippen LogP contribution in [0, 0.1) is 0 Å². The molecule has 16 heavy (non-hydrogen) atoms. The SMILES string of the molecule is O=C(O)C(O)c1cccc(O)c1C(F)(F)F. The molecule has 1 atom stereocenters. The Balaban J connectivity index is 3.40. The summed E-state index contributed by atoms with van der Waals surface area (Å²) in [6.45, 7) is 0. The fourth-order valence-corrected chi connectivity index (χ4v) is 1.23. The molecule has 1 aromatic carbocycles. The third kappa shape index (κ3) is 2.25. The van der Waals surface area contributed by atoms with Crippen LogP contribution in [0.1, 0.15) is 17.2 Å². The predicted octanol–water partition coefficient (Wildman–Crippen LogP) is 1.53. The molecule has 0 radical (unpaired) electrons. The van der Waals surface area contributed by atoms with Crippen molar-refractivity contribution in [2.75, 3.05) is 0 Å². The Morgan fingerprint density at radius 3 is 2.31 bits per heavy atom. The number of aliphatic carboxylic acids is 1. The van der Waals surface area contributed by atoms with E-state index in [4.69, 9.17) is 15.3 Å². The van der Waals surface area contributed by atoms with Gasteiger partial charge < -0.3 is 15.3 Å². The number of carboxylic acids is 1. The molecule has 4 nitrogen and oxygen atoms in total. The van der Waals surface area contributed by atoms with Gasteiger partial charge in [0.15, 0.2) is 6.10 Å². The smallest absolute Gasteiger partial charge is 0.420 e. The first kappa shape index (κ1) is 12.3. The highest BCUT2D eigenvalue weighted by molar-refractivity contribution is 5.75. The number of aliphatic hydroxyl groups is 1. The molecule has 0 saturated heterocycles. The van der Waals surface area contributed by atoms with Gasteiger partial charge in [0.1, 0.15) is 11.3 Å². The largest absolute Gasteiger partial charge is 0.507 e. The van der Waals surface area contributed by atoms with E-state index in [1.807, 2.05) is 0 Å². The Morgan fingerprint density at radius 1 is 1.31 bits per heavy atom. The van der Waals surface area contributed by atoms with Crippen LogP contribution in [0.15, 0.2) is 18.2 Å². The lowest BCUT2D eigenvalue weighted by Crippen LogP contribution is -2.17. The zero-order valence-electron chi connectivity index (χ0n) is 7.69. The first-order valence-electron chi connectivity index (χ1n) is 4.05. The molecule has 1 rings (SSSR count). The van der Waals surface area contributed by atoms with E-state index in [9.17, 15) is 18.0 Å². The van der Waals surface area contributed by atoms with Crippen LogP contribution < -0.4 is 0 Å². The van der Waals surface area contributed by atoms with Gasteiger partial charge in [0.25, 0.3) is 0 Å². The van der Waals surface area contributed by atoms with Crippen molar-refractivity contribution in [3.8, 4) is 5.75 Å². The van der Waals surface area contributed by atoms with E-state index in [1.54, 1.807) is 0 Å². The van der Waals surface area contributed by atoms with Crippen LogP contribution in [0.2, 0.25) is 0 Å². The van der Waals surface area contributed by atoms with Crippen LogP contribution in [-0.2, 0) is 11.0 Å². The molecule has 0 amide bonds. The molecule has 1 aromatic rings. The molecular formula is C9H7F3O4. The molecule has 0 saturated carbocycles. The highest BCUT2D eigenvalue weighted by atomic mass is 19.4. The van der Waals surface area contributed by atoms with E-state index in [-0.39, 0.29) is 0 Å². The maximum absolute atomic E-state index is 12.5. The Kier molecular flexibility index (Phi) is 3.09. The monoisotopic (exact) mass is 236 g/mol. The molecule has 0 bridgehead atoms. The fourth-order valence-electron chi connectivity index (χ4n) is 1.23. The highest BCUT2D eigenvalue weighted by Gasteiger charge is 2.39. The van der Waals surface area contributed by atoms with Crippen LogP contribution >= 0.6 is 0 Å². The van der Waals surface area contributed by atoms with Crippen molar-refractivity contribution in [3.05, 3.63) is 29.3 Å². The third-order valence-corrected chi connectivity index (χ3v) is 1.89. The number of benzene rings is 1. The maximum atomic E-state index is 12.5. The Hall–Kier alpha value is -1.76. The minimum absolute atomic E-state index is 0.765. The van der Waals surface area contributed by atoms with Gasteiger partial charge in [-0.1, -0.05) is 12.1 Å². The van der Waals surface area contributed by atoms with Crippen molar-refractivity contribution in [2.45, 2.75) is 12.3 Å². The third-order valence-electron chi connectivity index (χ3n) is 1.89. The summed E-state index contributed by atoms with van der Waals surface area (Å²) in [7, 11) is 0. The number of phenolic OH excluding ortho intramolecular Hbond substituents is 1. The second kappa shape index (κ2) is 4.01. The quantitative estimate of drug-likeness (QED) is 0.727. The van der Waals surface area contributed by atoms with E-state index < -0.39 is 35.1 Å². The van der Waals surface area contributed by atoms with Crippen molar-refractivity contribution >= 4 is 5.97 Å². The number of rotatable bonds is 2. The lowest BCUT2D eigenvalue weighted by Gasteiger charge is -2.15. The van der Waals surface area contributed by atoms with Crippen molar-refractivity contribution in [2.24, 2.45) is 0 Å². The summed E-state index contributed by atoms with van der Waals surface area (Å²) < 4.78 is 37.4. The van der Waals surface area contributed by atoms with Gasteiger partial charge in [0.05, 0.1) is 0 Å². The molecule has 0 fully saturated rings. The van der Waals surface area contributed by atoms with Crippen LogP contribution in [0.4, 0.5) is 13.2 Å². The van der Waals surface area contributed by atoms with Gasteiger partial charge in [-0.25, -0.2) is 4.79 Å². The number of carbonyl (C=O) groups is 1. The molecule has 0 spiro atoms. The first-order valence-corrected chi connectivity index (χ1v) is 4.05. The van der Waals surface area contributed by atoms with E-state index in [0.717, 1.165) is 18.2 Å². The number of alkyl halides is 3. The molecule has 0 aliphatic rings. The van der Waals surface area contributed by atoms with E-state index in [2.05, 4.69) is 0 Å². The first-order chi connectivity index (χ1) is 7.25. The lowest BCUT2D eigenvalue weighted by atomic mass is 10.0. The van der Waals surface area contributed by atoms with Crippen LogP contribution in [-0.4, -0.2) is 21.3 Å². The molecule has 88 valence electrons. The van der Waals surface area contributed by atoms with Gasteiger partial charge in [0, 0.05) is 5.56 Å². The van der Waals surface area contributed by atoms with Crippen molar-refractivity contribution in [3.63, 3.8) is 0 Å². The molecule has 0 aliphatic carbocycles. The summed E-state index contributed by atoms with van der Waals surface area (Å²) in [5.74, 6) is -2.94. The second-order valence-electron chi connectivity index (χ2n) is 2.98. The van der Waals surface area contributed by atoms with Crippen LogP contribution in [0.25, 0.3) is 0 Å². The molecule has 3 N–H and O–H groups in total. The van der Waals surface area contributed by atoms with Crippen molar-refractivity contribution in [1.29, 1.82) is 0 Å². The molecule has 1 unspecified atom stereocenters.